The van der Waals surface area contributed by atoms with Crippen LogP contribution in [0.5, 0.6) is 0 Å². The lowest BCUT2D eigenvalue weighted by atomic mass is 9.85. The van der Waals surface area contributed by atoms with Crippen molar-refractivity contribution < 1.29 is 0 Å². The summed E-state index contributed by atoms with van der Waals surface area (Å²) >= 11 is 0. The molecular weight excluding hydrogens is 216 g/mol. The lowest BCUT2D eigenvalue weighted by Gasteiger charge is -2.20. The van der Waals surface area contributed by atoms with Crippen LogP contribution in [0.1, 0.15) is 63.6 Å². The number of rotatable bonds is 6. The van der Waals surface area contributed by atoms with Gasteiger partial charge in [-0.2, -0.15) is 0 Å². The Labute approximate surface area is 113 Å². The Kier molecular flexibility index (Phi) is 5.65. The van der Waals surface area contributed by atoms with E-state index in [1.807, 2.05) is 0 Å². The highest BCUT2D eigenvalue weighted by molar-refractivity contribution is 5.39. The van der Waals surface area contributed by atoms with Gasteiger partial charge in [-0.05, 0) is 48.3 Å². The van der Waals surface area contributed by atoms with Gasteiger partial charge in [0.1, 0.15) is 0 Å². The second-order valence-corrected chi connectivity index (χ2v) is 5.99. The van der Waals surface area contributed by atoms with Crippen LogP contribution in [0.15, 0.2) is 30.4 Å². The molecule has 0 bridgehead atoms. The molecule has 0 unspecified atom stereocenters. The minimum atomic E-state index is 0.606. The molecule has 0 spiro atoms. The molecule has 0 aromatic heterocycles. The number of allylic oxidation sites excluding steroid dienone is 1. The monoisotopic (exact) mass is 244 g/mol. The van der Waals surface area contributed by atoms with E-state index in [2.05, 4.69) is 59.4 Å². The van der Waals surface area contributed by atoms with Gasteiger partial charge < -0.3 is 0 Å². The van der Waals surface area contributed by atoms with E-state index in [1.165, 1.54) is 29.5 Å². The van der Waals surface area contributed by atoms with E-state index < -0.39 is 0 Å². The summed E-state index contributed by atoms with van der Waals surface area (Å²) in [6.07, 6.45) is 3.47. The van der Waals surface area contributed by atoms with E-state index in [9.17, 15) is 0 Å². The van der Waals surface area contributed by atoms with Crippen molar-refractivity contribution in [3.8, 4) is 0 Å². The minimum absolute atomic E-state index is 0.606. The maximum atomic E-state index is 4.07. The Morgan fingerprint density at radius 2 is 1.89 bits per heavy atom. The molecule has 1 aromatic carbocycles. The largest absolute Gasteiger partial charge is 0.0998 e. The summed E-state index contributed by atoms with van der Waals surface area (Å²) in [6.45, 7) is 15.4. The third-order valence-electron chi connectivity index (χ3n) is 3.67. The molecule has 0 aliphatic carbocycles. The van der Waals surface area contributed by atoms with Crippen molar-refractivity contribution in [2.45, 2.75) is 59.8 Å². The average Bonchev–Trinajstić information content (AvgIpc) is 2.30. The molecule has 0 aliphatic heterocycles. The zero-order valence-electron chi connectivity index (χ0n) is 12.7. The summed E-state index contributed by atoms with van der Waals surface area (Å²) in [5.74, 6) is 1.36. The highest BCUT2D eigenvalue weighted by Crippen LogP contribution is 2.27. The normalized spacial score (nSPS) is 12.8. The fraction of sp³-hybridized carbons (Fsp3) is 0.556. The van der Waals surface area contributed by atoms with Crippen LogP contribution in [0.2, 0.25) is 0 Å². The predicted octanol–water partition coefficient (Wildman–Crippen LogP) is 5.52. The number of hydrogen-bond acceptors (Lipinski definition) is 0. The van der Waals surface area contributed by atoms with Crippen molar-refractivity contribution in [3.05, 3.63) is 47.0 Å². The van der Waals surface area contributed by atoms with E-state index in [1.54, 1.807) is 5.56 Å². The van der Waals surface area contributed by atoms with E-state index in [4.69, 9.17) is 0 Å². The van der Waals surface area contributed by atoms with Gasteiger partial charge in [0.15, 0.2) is 0 Å². The second-order valence-electron chi connectivity index (χ2n) is 5.99. The van der Waals surface area contributed by atoms with Gasteiger partial charge in [0.05, 0.1) is 0 Å². The summed E-state index contributed by atoms with van der Waals surface area (Å²) in [4.78, 5) is 0. The predicted molar refractivity (Wildman–Crippen MR) is 82.2 cm³/mol. The minimum Gasteiger partial charge on any atom is -0.0998 e. The Morgan fingerprint density at radius 3 is 2.39 bits per heavy atom. The van der Waals surface area contributed by atoms with Crippen molar-refractivity contribution >= 4 is 0 Å². The van der Waals surface area contributed by atoms with E-state index in [-0.39, 0.29) is 0 Å². The average molecular weight is 244 g/mol. The van der Waals surface area contributed by atoms with Crippen LogP contribution in [-0.4, -0.2) is 0 Å². The van der Waals surface area contributed by atoms with Crippen LogP contribution >= 0.6 is 0 Å². The lowest BCUT2D eigenvalue weighted by molar-refractivity contribution is 0.553. The molecule has 0 amide bonds. The summed E-state index contributed by atoms with van der Waals surface area (Å²) in [5.41, 5.74) is 5.83. The highest BCUT2D eigenvalue weighted by Gasteiger charge is 2.13. The summed E-state index contributed by atoms with van der Waals surface area (Å²) in [5, 5.41) is 0. The fourth-order valence-electron chi connectivity index (χ4n) is 2.43. The molecule has 0 saturated heterocycles. The third-order valence-corrected chi connectivity index (χ3v) is 3.67. The smallest absolute Gasteiger partial charge is 0.00697 e. The van der Waals surface area contributed by atoms with Crippen LogP contribution in [0.25, 0.3) is 0 Å². The van der Waals surface area contributed by atoms with Crippen LogP contribution in [-0.2, 0) is 12.8 Å². The first-order valence-electron chi connectivity index (χ1n) is 7.20. The Hall–Kier alpha value is -1.04. The van der Waals surface area contributed by atoms with Gasteiger partial charge in [0.25, 0.3) is 0 Å². The number of benzene rings is 1. The topological polar surface area (TPSA) is 0 Å². The molecule has 1 atom stereocenters. The first-order valence-corrected chi connectivity index (χ1v) is 7.20. The zero-order chi connectivity index (χ0) is 13.7. The zero-order valence-corrected chi connectivity index (χ0v) is 12.7. The molecule has 0 nitrogen and oxygen atoms in total. The quantitative estimate of drug-likeness (QED) is 0.578. The molecule has 0 heterocycles. The van der Waals surface area contributed by atoms with E-state index in [0.717, 1.165) is 12.3 Å². The standard InChI is InChI=1S/C18H28/c1-7-15(6)12-18-16(11-13(2)3)9-8-10-17(18)14(4)5/h8-10,14-15H,2,7,11-12H2,1,3-6H3/t15-/m0/s1. The molecule has 1 rings (SSSR count). The fourth-order valence-corrected chi connectivity index (χ4v) is 2.43. The summed E-state index contributed by atoms with van der Waals surface area (Å²) in [6, 6.07) is 6.77. The van der Waals surface area contributed by atoms with E-state index >= 15 is 0 Å². The molecule has 100 valence electrons. The molecule has 0 radical (unpaired) electrons. The maximum Gasteiger partial charge on any atom is -0.00697 e. The Bertz CT molecular complexity index is 398. The second kappa shape index (κ2) is 6.78. The van der Waals surface area contributed by atoms with Gasteiger partial charge >= 0.3 is 0 Å². The Morgan fingerprint density at radius 1 is 1.22 bits per heavy atom. The molecular formula is C18H28. The van der Waals surface area contributed by atoms with Gasteiger partial charge in [-0.1, -0.05) is 64.5 Å². The van der Waals surface area contributed by atoms with Gasteiger partial charge in [-0.3, -0.25) is 0 Å². The van der Waals surface area contributed by atoms with E-state index in [0.29, 0.717) is 5.92 Å². The maximum absolute atomic E-state index is 4.07. The molecule has 0 N–H and O–H groups in total. The SMILES string of the molecule is C=C(C)Cc1cccc(C(C)C)c1C[C@@H](C)CC. The van der Waals surface area contributed by atoms with Crippen molar-refractivity contribution in [3.63, 3.8) is 0 Å². The van der Waals surface area contributed by atoms with Crippen LogP contribution in [0.4, 0.5) is 0 Å². The first-order chi connectivity index (χ1) is 8.45. The van der Waals surface area contributed by atoms with Crippen LogP contribution < -0.4 is 0 Å². The molecule has 0 saturated carbocycles. The Balaban J connectivity index is 3.16. The van der Waals surface area contributed by atoms with Gasteiger partial charge in [-0.25, -0.2) is 0 Å². The van der Waals surface area contributed by atoms with Crippen LogP contribution in [0.3, 0.4) is 0 Å². The van der Waals surface area contributed by atoms with Crippen molar-refractivity contribution in [2.24, 2.45) is 5.92 Å². The molecule has 1 aromatic rings. The van der Waals surface area contributed by atoms with Crippen LogP contribution in [0, 0.1) is 5.92 Å². The van der Waals surface area contributed by atoms with Gasteiger partial charge in [0, 0.05) is 0 Å². The molecule has 0 heteroatoms. The number of hydrogen-bond donors (Lipinski definition) is 0. The van der Waals surface area contributed by atoms with Gasteiger partial charge in [-0.15, -0.1) is 0 Å². The molecule has 0 fully saturated rings. The molecule has 18 heavy (non-hydrogen) atoms. The summed E-state index contributed by atoms with van der Waals surface area (Å²) < 4.78 is 0. The summed E-state index contributed by atoms with van der Waals surface area (Å²) in [7, 11) is 0. The van der Waals surface area contributed by atoms with Crippen molar-refractivity contribution in [1.82, 2.24) is 0 Å². The lowest BCUT2D eigenvalue weighted by Crippen LogP contribution is -2.07. The molecule has 0 aliphatic rings. The first kappa shape index (κ1) is 15.0. The van der Waals surface area contributed by atoms with Crippen molar-refractivity contribution in [1.29, 1.82) is 0 Å². The van der Waals surface area contributed by atoms with Gasteiger partial charge in [0.2, 0.25) is 0 Å². The highest BCUT2D eigenvalue weighted by atomic mass is 14.2. The third kappa shape index (κ3) is 4.01. The van der Waals surface area contributed by atoms with Crippen molar-refractivity contribution in [2.75, 3.05) is 0 Å².